The fraction of sp³-hybridized carbons (Fsp3) is 0.500. The molecule has 3 heterocycles. The number of aromatic nitrogens is 4. The van der Waals surface area contributed by atoms with Gasteiger partial charge in [-0.25, -0.2) is 9.55 Å². The molecule has 0 bridgehead atoms. The molecule has 0 spiro atoms. The molecule has 14 nitrogen and oxygen atoms in total. The highest BCUT2D eigenvalue weighted by Gasteiger charge is 2.45. The van der Waals surface area contributed by atoms with Crippen molar-refractivity contribution in [2.75, 3.05) is 12.3 Å². The number of aliphatic hydroxyl groups is 2. The second-order valence-corrected chi connectivity index (χ2v) is 8.02. The number of halogens is 1. The van der Waals surface area contributed by atoms with Crippen LogP contribution in [0.5, 0.6) is 0 Å². The van der Waals surface area contributed by atoms with E-state index in [0.717, 1.165) is 0 Å². The number of hydrogen-bond acceptors (Lipinski definition) is 11. The topological polar surface area (TPSA) is 218 Å². The van der Waals surface area contributed by atoms with Crippen molar-refractivity contribution in [3.8, 4) is 0 Å². The molecule has 2 aromatic heterocycles. The molecule has 18 heteroatoms. The van der Waals surface area contributed by atoms with Crippen LogP contribution in [0.15, 0.2) is 6.33 Å². The molecular weight excluding hydrogens is 442 g/mol. The highest BCUT2D eigenvalue weighted by atomic mass is 35.5. The van der Waals surface area contributed by atoms with Gasteiger partial charge in [0.2, 0.25) is 5.28 Å². The van der Waals surface area contributed by atoms with E-state index < -0.39 is 54.4 Å². The minimum atomic E-state index is -4.99. The van der Waals surface area contributed by atoms with Gasteiger partial charge in [-0.15, -0.1) is 0 Å². The van der Waals surface area contributed by atoms with Gasteiger partial charge >= 0.3 is 7.82 Å². The molecule has 1 aliphatic rings. The first kappa shape index (κ1) is 21.7. The molecule has 3 rings (SSSR count). The van der Waals surface area contributed by atoms with Crippen molar-refractivity contribution in [3.63, 3.8) is 0 Å². The Kier molecular flexibility index (Phi) is 5.98. The van der Waals surface area contributed by atoms with Gasteiger partial charge in [0.15, 0.2) is 25.3 Å². The Balaban J connectivity index is 1.77. The fourth-order valence-corrected chi connectivity index (χ4v) is 3.76. The molecule has 1 aliphatic heterocycles. The first-order chi connectivity index (χ1) is 12.9. The van der Waals surface area contributed by atoms with Gasteiger partial charge in [0, 0.05) is 0 Å². The Morgan fingerprint density at radius 2 is 2.11 bits per heavy atom. The molecule has 1 saturated heterocycles. The molecule has 156 valence electrons. The molecule has 1 unspecified atom stereocenters. The second-order valence-electron chi connectivity index (χ2n) is 5.34. The Bertz CT molecular complexity index is 928. The van der Waals surface area contributed by atoms with Crippen molar-refractivity contribution in [3.05, 3.63) is 11.6 Å². The van der Waals surface area contributed by atoms with Gasteiger partial charge in [-0.2, -0.15) is 14.3 Å². The predicted octanol–water partition coefficient (Wildman–Crippen LogP) is -2.79. The van der Waals surface area contributed by atoms with Crippen molar-refractivity contribution in [2.45, 2.75) is 24.5 Å². The molecule has 2 aromatic rings. The third-order valence-electron chi connectivity index (χ3n) is 3.55. The lowest BCUT2D eigenvalue weighted by Gasteiger charge is -2.31. The number of nitrogens with two attached hydrogens (primary N) is 1. The number of ether oxygens (including phenoxy) is 1. The summed E-state index contributed by atoms with van der Waals surface area (Å²) in [6.07, 6.45) is -3.99. The number of nitrogens with zero attached hydrogens (tertiary/aromatic N) is 4. The van der Waals surface area contributed by atoms with Crippen molar-refractivity contribution in [1.82, 2.24) is 19.5 Å². The van der Waals surface area contributed by atoms with E-state index >= 15 is 0 Å². The van der Waals surface area contributed by atoms with E-state index in [1.165, 1.54) is 10.9 Å². The van der Waals surface area contributed by atoms with Gasteiger partial charge in [0.05, 0.1) is 14.1 Å². The Hall–Kier alpha value is -0.955. The summed E-state index contributed by atoms with van der Waals surface area (Å²) in [5.41, 5.74) is 6.08. The maximum absolute atomic E-state index is 12.0. The maximum Gasteiger partial charge on any atom is 0.501 e. The molecule has 5 atom stereocenters. The molecular formula is C10H16BClN5O9P2-. The number of phosphoric acid groups is 1. The SMILES string of the molecule is [BH3-][P+]([O-])(OC[C@H]1O[C@@H](n2cnc3c(N)nc(Cl)nc32)[C@H](O)[C@@H]1O)OP(=O)(O)O. The molecule has 0 aliphatic carbocycles. The van der Waals surface area contributed by atoms with E-state index in [-0.39, 0.29) is 22.3 Å². The zero-order valence-electron chi connectivity index (χ0n) is 13.1. The number of aliphatic hydroxyl groups excluding tert-OH is 2. The van der Waals surface area contributed by atoms with Crippen LogP contribution in [0.4, 0.5) is 5.82 Å². The molecule has 0 radical (unpaired) electrons. The molecule has 1 fully saturated rings. The monoisotopic (exact) mass is 458 g/mol. The Morgan fingerprint density at radius 1 is 1.43 bits per heavy atom. The number of rotatable bonds is 6. The number of hydrogen-bond donors (Lipinski definition) is 5. The van der Waals surface area contributed by atoms with E-state index in [1.54, 1.807) is 0 Å². The maximum atomic E-state index is 12.0. The van der Waals surface area contributed by atoms with E-state index in [1.807, 2.05) is 0 Å². The standard InChI is InChI=1S/C10H16BClN5O9P2/c11-27(20,26-28(21,22)23)24-1-3-5(18)6(19)9(25-3)17-2-14-4-7(13)15-10(12)16-8(4)17/h2-3,5-6,9,18-19H,1H2,11H3,(H2,13,15,16)(H2,21,22,23)/q-1/t3-,5-,6-,9-,27?/m1/s1. The lowest BCUT2D eigenvalue weighted by Crippen LogP contribution is -2.34. The minimum Gasteiger partial charge on any atom is -0.669 e. The van der Waals surface area contributed by atoms with Crippen molar-refractivity contribution >= 4 is 51.8 Å². The van der Waals surface area contributed by atoms with Crippen LogP contribution in [0.1, 0.15) is 6.23 Å². The van der Waals surface area contributed by atoms with E-state index in [0.29, 0.717) is 0 Å². The van der Waals surface area contributed by atoms with Crippen LogP contribution >= 0.6 is 27.2 Å². The van der Waals surface area contributed by atoms with Crippen LogP contribution in [0.3, 0.4) is 0 Å². The summed E-state index contributed by atoms with van der Waals surface area (Å²) in [5, 5.41) is 20.4. The smallest absolute Gasteiger partial charge is 0.501 e. The first-order valence-electron chi connectivity index (χ1n) is 7.09. The zero-order chi connectivity index (χ0) is 20.9. The Labute approximate surface area is 163 Å². The summed E-state index contributed by atoms with van der Waals surface area (Å²) in [5.74, 6) is 0.0112. The van der Waals surface area contributed by atoms with Crippen molar-refractivity contribution in [2.24, 2.45) is 0 Å². The van der Waals surface area contributed by atoms with Gasteiger partial charge in [0.1, 0.15) is 30.4 Å². The summed E-state index contributed by atoms with van der Waals surface area (Å²) in [6.45, 7) is -0.528. The summed E-state index contributed by atoms with van der Waals surface area (Å²) < 4.78 is 26.8. The summed E-state index contributed by atoms with van der Waals surface area (Å²) in [7, 11) is -10.2. The average Bonchev–Trinajstić information content (AvgIpc) is 3.06. The Morgan fingerprint density at radius 3 is 2.75 bits per heavy atom. The molecule has 6 N–H and O–H groups in total. The van der Waals surface area contributed by atoms with Crippen LogP contribution in [-0.4, -0.2) is 72.0 Å². The van der Waals surface area contributed by atoms with E-state index in [4.69, 9.17) is 36.4 Å². The van der Waals surface area contributed by atoms with Crippen LogP contribution in [0.2, 0.25) is 5.28 Å². The third-order valence-corrected chi connectivity index (χ3v) is 5.46. The second kappa shape index (κ2) is 7.71. The normalized spacial score (nSPS) is 28.0. The lowest BCUT2D eigenvalue weighted by molar-refractivity contribution is -0.206. The molecule has 0 aromatic carbocycles. The van der Waals surface area contributed by atoms with Gasteiger partial charge in [-0.3, -0.25) is 9.09 Å². The van der Waals surface area contributed by atoms with Crippen LogP contribution in [-0.2, 0) is 18.1 Å². The number of imidazole rings is 1. The average molecular weight is 458 g/mol. The zero-order valence-corrected chi connectivity index (χ0v) is 15.6. The van der Waals surface area contributed by atoms with Crippen LogP contribution in [0.25, 0.3) is 11.2 Å². The number of anilines is 1. The largest absolute Gasteiger partial charge is 0.669 e. The van der Waals surface area contributed by atoms with Gasteiger partial charge in [-0.1, -0.05) is 0 Å². The van der Waals surface area contributed by atoms with Crippen LogP contribution < -0.4 is 10.6 Å². The highest BCUT2D eigenvalue weighted by Crippen LogP contribution is 2.60. The first-order valence-corrected chi connectivity index (χ1v) is 10.1. The van der Waals surface area contributed by atoms with Crippen molar-refractivity contribution < 1.29 is 43.0 Å². The number of nitrogen functional groups attached to an aromatic ring is 1. The van der Waals surface area contributed by atoms with Crippen LogP contribution in [0, 0.1) is 0 Å². The molecule has 0 amide bonds. The summed E-state index contributed by atoms with van der Waals surface area (Å²) in [4.78, 5) is 41.3. The lowest BCUT2D eigenvalue weighted by atomic mass is 10.1. The quantitative estimate of drug-likeness (QED) is 0.168. The fourth-order valence-electron chi connectivity index (χ4n) is 2.44. The van der Waals surface area contributed by atoms with Gasteiger partial charge < -0.3 is 35.4 Å². The minimum absolute atomic E-state index is 0.0112. The van der Waals surface area contributed by atoms with E-state index in [2.05, 4.69) is 19.3 Å². The summed E-state index contributed by atoms with van der Waals surface area (Å²) >= 11 is 5.79. The number of fused-ring (bicyclic) bond motifs is 1. The summed E-state index contributed by atoms with van der Waals surface area (Å²) in [6, 6.07) is 0. The molecule has 28 heavy (non-hydrogen) atoms. The van der Waals surface area contributed by atoms with E-state index in [9.17, 15) is 19.7 Å². The highest BCUT2D eigenvalue weighted by molar-refractivity contribution is 7.87. The van der Waals surface area contributed by atoms with Crippen molar-refractivity contribution in [1.29, 1.82) is 0 Å². The molecule has 0 saturated carbocycles. The third kappa shape index (κ3) is 4.61. The predicted molar refractivity (Wildman–Crippen MR) is 96.6 cm³/mol. The van der Waals surface area contributed by atoms with Gasteiger partial charge in [0.25, 0.3) is 0 Å². The van der Waals surface area contributed by atoms with Gasteiger partial charge in [-0.05, 0) is 11.6 Å².